The van der Waals surface area contributed by atoms with Gasteiger partial charge >= 0.3 is 0 Å². The average molecular weight is 272 g/mol. The average Bonchev–Trinajstić information content (AvgIpc) is 3.02. The third kappa shape index (κ3) is 3.62. The van der Waals surface area contributed by atoms with Gasteiger partial charge in [0.1, 0.15) is 0 Å². The summed E-state index contributed by atoms with van der Waals surface area (Å²) in [7, 11) is 0. The third-order valence-corrected chi connectivity index (χ3v) is 5.07. The molecule has 110 valence electrons. The lowest BCUT2D eigenvalue weighted by Crippen LogP contribution is -2.46. The minimum atomic E-state index is 0.577. The SMILES string of the molecule is c1ccc(C2CNCCN2CCCC2CCCC2)cc1. The summed E-state index contributed by atoms with van der Waals surface area (Å²) in [5.74, 6) is 1.04. The molecular formula is C18H28N2. The van der Waals surface area contributed by atoms with E-state index in [0.717, 1.165) is 19.0 Å². The van der Waals surface area contributed by atoms with E-state index < -0.39 is 0 Å². The lowest BCUT2D eigenvalue weighted by Gasteiger charge is -2.36. The fourth-order valence-electron chi connectivity index (χ4n) is 3.90. The largest absolute Gasteiger partial charge is 0.314 e. The van der Waals surface area contributed by atoms with Gasteiger partial charge in [0.2, 0.25) is 0 Å². The molecule has 1 heterocycles. The van der Waals surface area contributed by atoms with E-state index in [1.165, 1.54) is 57.2 Å². The molecule has 2 nitrogen and oxygen atoms in total. The second kappa shape index (κ2) is 7.24. The summed E-state index contributed by atoms with van der Waals surface area (Å²) in [4.78, 5) is 2.70. The van der Waals surface area contributed by atoms with Gasteiger partial charge in [0, 0.05) is 25.7 Å². The van der Waals surface area contributed by atoms with Crippen LogP contribution < -0.4 is 5.32 Å². The molecule has 0 bridgehead atoms. The molecule has 0 radical (unpaired) electrons. The van der Waals surface area contributed by atoms with Gasteiger partial charge in [-0.3, -0.25) is 4.90 Å². The van der Waals surface area contributed by atoms with Crippen molar-refractivity contribution in [2.24, 2.45) is 5.92 Å². The summed E-state index contributed by atoms with van der Waals surface area (Å²) in [6.07, 6.45) is 8.77. The van der Waals surface area contributed by atoms with Crippen LogP contribution in [0.3, 0.4) is 0 Å². The predicted octanol–water partition coefficient (Wildman–Crippen LogP) is 3.60. The van der Waals surface area contributed by atoms with E-state index in [9.17, 15) is 0 Å². The molecule has 1 saturated heterocycles. The normalized spacial score (nSPS) is 25.1. The number of hydrogen-bond acceptors (Lipinski definition) is 2. The van der Waals surface area contributed by atoms with Gasteiger partial charge in [-0.05, 0) is 30.9 Å². The second-order valence-corrected chi connectivity index (χ2v) is 6.46. The van der Waals surface area contributed by atoms with E-state index in [0.29, 0.717) is 6.04 Å². The Labute approximate surface area is 123 Å². The van der Waals surface area contributed by atoms with E-state index >= 15 is 0 Å². The first-order chi connectivity index (χ1) is 9.93. The molecule has 1 aromatic carbocycles. The lowest BCUT2D eigenvalue weighted by atomic mass is 9.99. The lowest BCUT2D eigenvalue weighted by molar-refractivity contribution is 0.156. The molecule has 1 N–H and O–H groups in total. The first kappa shape index (κ1) is 14.1. The first-order valence-electron chi connectivity index (χ1n) is 8.43. The number of piperazine rings is 1. The quantitative estimate of drug-likeness (QED) is 0.881. The summed E-state index contributed by atoms with van der Waals surface area (Å²) in [6.45, 7) is 4.72. The van der Waals surface area contributed by atoms with Crippen molar-refractivity contribution in [2.45, 2.75) is 44.6 Å². The standard InChI is InChI=1S/C18H28N2/c1-2-10-17(11-3-1)18-15-19-12-14-20(18)13-6-9-16-7-4-5-8-16/h1-3,10-11,16,18-19H,4-9,12-15H2. The molecule has 1 aliphatic heterocycles. The van der Waals surface area contributed by atoms with Gasteiger partial charge in [-0.15, -0.1) is 0 Å². The van der Waals surface area contributed by atoms with Crippen molar-refractivity contribution in [3.05, 3.63) is 35.9 Å². The van der Waals surface area contributed by atoms with Gasteiger partial charge in [-0.25, -0.2) is 0 Å². The molecule has 0 aromatic heterocycles. The molecule has 2 fully saturated rings. The summed E-state index contributed by atoms with van der Waals surface area (Å²) in [5.41, 5.74) is 1.47. The Hall–Kier alpha value is -0.860. The van der Waals surface area contributed by atoms with Crippen LogP contribution in [0.1, 0.15) is 50.1 Å². The molecule has 0 spiro atoms. The van der Waals surface area contributed by atoms with Crippen molar-refractivity contribution in [3.8, 4) is 0 Å². The zero-order valence-electron chi connectivity index (χ0n) is 12.6. The highest BCUT2D eigenvalue weighted by molar-refractivity contribution is 5.20. The van der Waals surface area contributed by atoms with Crippen LogP contribution in [0.15, 0.2) is 30.3 Å². The van der Waals surface area contributed by atoms with Gasteiger partial charge in [0.15, 0.2) is 0 Å². The van der Waals surface area contributed by atoms with Crippen molar-refractivity contribution >= 4 is 0 Å². The molecule has 2 heteroatoms. The smallest absolute Gasteiger partial charge is 0.0473 e. The number of rotatable bonds is 5. The van der Waals surface area contributed by atoms with E-state index in [4.69, 9.17) is 0 Å². The maximum atomic E-state index is 3.55. The number of hydrogen-bond donors (Lipinski definition) is 1. The topological polar surface area (TPSA) is 15.3 Å². The monoisotopic (exact) mass is 272 g/mol. The van der Waals surface area contributed by atoms with Crippen LogP contribution in [0.5, 0.6) is 0 Å². The highest BCUT2D eigenvalue weighted by atomic mass is 15.2. The van der Waals surface area contributed by atoms with Gasteiger partial charge in [-0.2, -0.15) is 0 Å². The Morgan fingerprint density at radius 1 is 1.10 bits per heavy atom. The van der Waals surface area contributed by atoms with Crippen LogP contribution in [0, 0.1) is 5.92 Å². The summed E-state index contributed by atoms with van der Waals surface area (Å²) in [5, 5.41) is 3.55. The van der Waals surface area contributed by atoms with Crippen LogP contribution in [-0.4, -0.2) is 31.1 Å². The van der Waals surface area contributed by atoms with Gasteiger partial charge in [-0.1, -0.05) is 56.0 Å². The Kier molecular flexibility index (Phi) is 5.10. The Balaban J connectivity index is 1.52. The van der Waals surface area contributed by atoms with Crippen molar-refractivity contribution in [3.63, 3.8) is 0 Å². The molecule has 1 unspecified atom stereocenters. The summed E-state index contributed by atoms with van der Waals surface area (Å²) >= 11 is 0. The third-order valence-electron chi connectivity index (χ3n) is 5.07. The Morgan fingerprint density at radius 2 is 1.90 bits per heavy atom. The minimum absolute atomic E-state index is 0.577. The second-order valence-electron chi connectivity index (χ2n) is 6.46. The van der Waals surface area contributed by atoms with E-state index in [-0.39, 0.29) is 0 Å². The maximum absolute atomic E-state index is 3.55. The molecule has 3 rings (SSSR count). The highest BCUT2D eigenvalue weighted by Gasteiger charge is 2.23. The molecule has 20 heavy (non-hydrogen) atoms. The number of nitrogens with zero attached hydrogens (tertiary/aromatic N) is 1. The number of benzene rings is 1. The van der Waals surface area contributed by atoms with Gasteiger partial charge < -0.3 is 5.32 Å². The molecule has 2 aliphatic rings. The first-order valence-corrected chi connectivity index (χ1v) is 8.43. The molecular weight excluding hydrogens is 244 g/mol. The van der Waals surface area contributed by atoms with Crippen molar-refractivity contribution in [1.82, 2.24) is 10.2 Å². The van der Waals surface area contributed by atoms with E-state index in [1.807, 2.05) is 0 Å². The van der Waals surface area contributed by atoms with E-state index in [1.54, 1.807) is 0 Å². The number of nitrogens with one attached hydrogen (secondary N) is 1. The van der Waals surface area contributed by atoms with Crippen molar-refractivity contribution < 1.29 is 0 Å². The van der Waals surface area contributed by atoms with E-state index in [2.05, 4.69) is 40.5 Å². The van der Waals surface area contributed by atoms with Crippen LogP contribution in [0.25, 0.3) is 0 Å². The molecule has 1 atom stereocenters. The van der Waals surface area contributed by atoms with Gasteiger partial charge in [0.25, 0.3) is 0 Å². The Bertz CT molecular complexity index is 384. The zero-order chi connectivity index (χ0) is 13.6. The fraction of sp³-hybridized carbons (Fsp3) is 0.667. The minimum Gasteiger partial charge on any atom is -0.314 e. The molecule has 0 amide bonds. The fourth-order valence-corrected chi connectivity index (χ4v) is 3.90. The van der Waals surface area contributed by atoms with Crippen molar-refractivity contribution in [1.29, 1.82) is 0 Å². The Morgan fingerprint density at radius 3 is 2.70 bits per heavy atom. The van der Waals surface area contributed by atoms with Crippen LogP contribution in [-0.2, 0) is 0 Å². The maximum Gasteiger partial charge on any atom is 0.0473 e. The summed E-state index contributed by atoms with van der Waals surface area (Å²) < 4.78 is 0. The highest BCUT2D eigenvalue weighted by Crippen LogP contribution is 2.29. The zero-order valence-corrected chi connectivity index (χ0v) is 12.6. The van der Waals surface area contributed by atoms with Crippen LogP contribution >= 0.6 is 0 Å². The molecule has 1 aromatic rings. The van der Waals surface area contributed by atoms with Crippen LogP contribution in [0.4, 0.5) is 0 Å². The molecule has 1 saturated carbocycles. The molecule has 1 aliphatic carbocycles. The van der Waals surface area contributed by atoms with Gasteiger partial charge in [0.05, 0.1) is 0 Å². The van der Waals surface area contributed by atoms with Crippen molar-refractivity contribution in [2.75, 3.05) is 26.2 Å². The summed E-state index contributed by atoms with van der Waals surface area (Å²) in [6, 6.07) is 11.6. The van der Waals surface area contributed by atoms with Crippen LogP contribution in [0.2, 0.25) is 0 Å². The predicted molar refractivity (Wildman–Crippen MR) is 84.8 cm³/mol.